The van der Waals surface area contributed by atoms with Crippen LogP contribution in [0.1, 0.15) is 10.4 Å². The van der Waals surface area contributed by atoms with Crippen molar-refractivity contribution in [1.29, 1.82) is 0 Å². The molecule has 0 atom stereocenters. The highest BCUT2D eigenvalue weighted by atomic mass is 32.2. The molecule has 0 radical (unpaired) electrons. The van der Waals surface area contributed by atoms with Gasteiger partial charge in [-0.05, 0) is 42.5 Å². The minimum Gasteiger partial charge on any atom is -0.478 e. The van der Waals surface area contributed by atoms with E-state index in [1.807, 2.05) is 0 Å². The van der Waals surface area contributed by atoms with Crippen molar-refractivity contribution < 1.29 is 18.3 Å². The normalized spacial score (nSPS) is 11.1. The molecule has 0 unspecified atom stereocenters. The summed E-state index contributed by atoms with van der Waals surface area (Å²) >= 11 is 4.08. The summed E-state index contributed by atoms with van der Waals surface area (Å²) in [4.78, 5) is 11.4. The lowest BCUT2D eigenvalue weighted by molar-refractivity contribution is 0.0693. The van der Waals surface area contributed by atoms with Gasteiger partial charge in [-0.2, -0.15) is 0 Å². The molecular formula is C19H15NO4S2. The zero-order chi connectivity index (χ0) is 18.7. The van der Waals surface area contributed by atoms with E-state index in [4.69, 9.17) is 0 Å². The second kappa shape index (κ2) is 7.23. The molecular weight excluding hydrogens is 370 g/mol. The molecule has 3 aromatic rings. The summed E-state index contributed by atoms with van der Waals surface area (Å²) in [5, 5.41) is 9.27. The van der Waals surface area contributed by atoms with Crippen LogP contribution in [0.5, 0.6) is 0 Å². The molecule has 0 saturated carbocycles. The number of nitrogens with zero attached hydrogens (tertiary/aromatic N) is 1. The van der Waals surface area contributed by atoms with Gasteiger partial charge < -0.3 is 5.11 Å². The smallest absolute Gasteiger partial charge is 0.336 e. The van der Waals surface area contributed by atoms with Crippen molar-refractivity contribution >= 4 is 40.0 Å². The van der Waals surface area contributed by atoms with Gasteiger partial charge in [0, 0.05) is 4.90 Å². The maximum Gasteiger partial charge on any atom is 0.336 e. The van der Waals surface area contributed by atoms with E-state index in [9.17, 15) is 18.3 Å². The van der Waals surface area contributed by atoms with Gasteiger partial charge >= 0.3 is 5.97 Å². The first-order valence-electron chi connectivity index (χ1n) is 7.63. The number of aromatic carboxylic acids is 1. The Balaban J connectivity index is 2.21. The van der Waals surface area contributed by atoms with Crippen LogP contribution in [-0.4, -0.2) is 19.5 Å². The number of hydrogen-bond acceptors (Lipinski definition) is 4. The van der Waals surface area contributed by atoms with Crippen LogP contribution in [0.4, 0.5) is 11.4 Å². The summed E-state index contributed by atoms with van der Waals surface area (Å²) in [6, 6.07) is 21.1. The number of thiol groups is 1. The van der Waals surface area contributed by atoms with Crippen LogP contribution in [0.15, 0.2) is 88.7 Å². The predicted octanol–water partition coefficient (Wildman–Crippen LogP) is 4.20. The van der Waals surface area contributed by atoms with Crippen molar-refractivity contribution in [3.63, 3.8) is 0 Å². The highest BCUT2D eigenvalue weighted by Crippen LogP contribution is 2.33. The Kier molecular flexibility index (Phi) is 5.01. The fraction of sp³-hybridized carbons (Fsp3) is 0. The molecule has 0 saturated heterocycles. The molecule has 26 heavy (non-hydrogen) atoms. The van der Waals surface area contributed by atoms with Gasteiger partial charge in [0.25, 0.3) is 10.0 Å². The third kappa shape index (κ3) is 3.44. The van der Waals surface area contributed by atoms with Gasteiger partial charge in [-0.1, -0.05) is 36.4 Å². The zero-order valence-corrected chi connectivity index (χ0v) is 15.2. The Morgan fingerprint density at radius 2 is 1.35 bits per heavy atom. The first-order chi connectivity index (χ1) is 12.4. The highest BCUT2D eigenvalue weighted by molar-refractivity contribution is 7.93. The number of carboxylic acids is 1. The van der Waals surface area contributed by atoms with Gasteiger partial charge in [0.1, 0.15) is 0 Å². The van der Waals surface area contributed by atoms with E-state index in [0.29, 0.717) is 11.4 Å². The van der Waals surface area contributed by atoms with E-state index < -0.39 is 16.0 Å². The SMILES string of the molecule is O=C(O)c1cc(S(=O)(=O)N(c2ccccc2)c2ccccc2)ccc1S. The fourth-order valence-corrected chi connectivity index (χ4v) is 4.26. The van der Waals surface area contributed by atoms with Crippen molar-refractivity contribution in [3.05, 3.63) is 84.4 Å². The summed E-state index contributed by atoms with van der Waals surface area (Å²) in [6.07, 6.45) is 0. The summed E-state index contributed by atoms with van der Waals surface area (Å²) in [6.45, 7) is 0. The lowest BCUT2D eigenvalue weighted by atomic mass is 10.2. The van der Waals surface area contributed by atoms with E-state index in [0.717, 1.165) is 6.07 Å². The second-order valence-corrected chi connectivity index (χ2v) is 7.69. The maximum absolute atomic E-state index is 13.3. The molecule has 7 heteroatoms. The van der Waals surface area contributed by atoms with E-state index in [2.05, 4.69) is 12.6 Å². The number of carbonyl (C=O) groups is 1. The standard InChI is InChI=1S/C19H15NO4S2/c21-19(22)17-13-16(11-12-18(17)25)26(23,24)20(14-7-3-1-4-8-14)15-9-5-2-6-10-15/h1-13,25H,(H,21,22). The van der Waals surface area contributed by atoms with E-state index in [-0.39, 0.29) is 15.4 Å². The van der Waals surface area contributed by atoms with Crippen molar-refractivity contribution in [2.75, 3.05) is 4.31 Å². The van der Waals surface area contributed by atoms with E-state index >= 15 is 0 Å². The Morgan fingerprint density at radius 1 is 0.846 bits per heavy atom. The highest BCUT2D eigenvalue weighted by Gasteiger charge is 2.27. The fourth-order valence-electron chi connectivity index (χ4n) is 2.51. The molecule has 0 fully saturated rings. The summed E-state index contributed by atoms with van der Waals surface area (Å²) in [7, 11) is -4.04. The number of para-hydroxylation sites is 2. The predicted molar refractivity (Wildman–Crippen MR) is 103 cm³/mol. The summed E-state index contributed by atoms with van der Waals surface area (Å²) in [5.74, 6) is -1.24. The molecule has 0 heterocycles. The van der Waals surface area contributed by atoms with Crippen molar-refractivity contribution in [1.82, 2.24) is 0 Å². The average Bonchev–Trinajstić information content (AvgIpc) is 2.63. The minimum absolute atomic E-state index is 0.125. The molecule has 5 nitrogen and oxygen atoms in total. The van der Waals surface area contributed by atoms with Gasteiger partial charge in [-0.15, -0.1) is 12.6 Å². The van der Waals surface area contributed by atoms with Crippen LogP contribution in [-0.2, 0) is 10.0 Å². The molecule has 0 aliphatic heterocycles. The van der Waals surface area contributed by atoms with Crippen LogP contribution >= 0.6 is 12.6 Å². The van der Waals surface area contributed by atoms with Crippen LogP contribution in [0.2, 0.25) is 0 Å². The Morgan fingerprint density at radius 3 is 1.81 bits per heavy atom. The Labute approximate surface area is 157 Å². The molecule has 3 aromatic carbocycles. The van der Waals surface area contributed by atoms with Gasteiger partial charge in [-0.3, -0.25) is 0 Å². The maximum atomic E-state index is 13.3. The molecule has 0 amide bonds. The summed E-state index contributed by atoms with van der Waals surface area (Å²) < 4.78 is 27.8. The van der Waals surface area contributed by atoms with Gasteiger partial charge in [0.15, 0.2) is 0 Å². The topological polar surface area (TPSA) is 74.7 Å². The van der Waals surface area contributed by atoms with Crippen molar-refractivity contribution in [2.45, 2.75) is 9.79 Å². The zero-order valence-electron chi connectivity index (χ0n) is 13.5. The van der Waals surface area contributed by atoms with Gasteiger partial charge in [-0.25, -0.2) is 17.5 Å². The number of anilines is 2. The number of sulfonamides is 1. The molecule has 0 bridgehead atoms. The third-order valence-electron chi connectivity index (χ3n) is 3.72. The van der Waals surface area contributed by atoms with Crippen LogP contribution in [0.3, 0.4) is 0 Å². The number of rotatable bonds is 5. The number of hydrogen-bond donors (Lipinski definition) is 2. The van der Waals surface area contributed by atoms with Crippen molar-refractivity contribution in [3.8, 4) is 0 Å². The largest absolute Gasteiger partial charge is 0.478 e. The van der Waals surface area contributed by atoms with E-state index in [1.165, 1.54) is 16.4 Å². The van der Waals surface area contributed by atoms with Crippen LogP contribution < -0.4 is 4.31 Å². The second-order valence-electron chi connectivity index (χ2n) is 5.42. The minimum atomic E-state index is -4.04. The van der Waals surface area contributed by atoms with Gasteiger partial charge in [0.05, 0.1) is 21.8 Å². The van der Waals surface area contributed by atoms with Crippen molar-refractivity contribution in [2.24, 2.45) is 0 Å². The first-order valence-corrected chi connectivity index (χ1v) is 9.52. The molecule has 3 rings (SSSR count). The molecule has 0 spiro atoms. The van der Waals surface area contributed by atoms with Crippen LogP contribution in [0.25, 0.3) is 0 Å². The lowest BCUT2D eigenvalue weighted by Gasteiger charge is -2.25. The number of benzene rings is 3. The Hall–Kier alpha value is -2.77. The lowest BCUT2D eigenvalue weighted by Crippen LogP contribution is -2.26. The quantitative estimate of drug-likeness (QED) is 0.646. The monoisotopic (exact) mass is 385 g/mol. The van der Waals surface area contributed by atoms with Crippen LogP contribution in [0, 0.1) is 0 Å². The average molecular weight is 385 g/mol. The molecule has 1 N–H and O–H groups in total. The molecule has 0 aliphatic rings. The first kappa shape index (κ1) is 18.0. The Bertz CT molecular complexity index is 996. The van der Waals surface area contributed by atoms with Gasteiger partial charge in [0.2, 0.25) is 0 Å². The summed E-state index contributed by atoms with van der Waals surface area (Å²) in [5.41, 5.74) is 0.728. The molecule has 0 aliphatic carbocycles. The third-order valence-corrected chi connectivity index (χ3v) is 5.86. The molecule has 132 valence electrons. The number of carboxylic acid groups (broad SMARTS) is 1. The molecule has 0 aromatic heterocycles. The van der Waals surface area contributed by atoms with E-state index in [1.54, 1.807) is 60.7 Å².